The Morgan fingerprint density at radius 2 is 2.00 bits per heavy atom. The number of alkyl halides is 1. The van der Waals surface area contributed by atoms with Crippen molar-refractivity contribution in [3.05, 3.63) is 35.9 Å². The third-order valence-corrected chi connectivity index (χ3v) is 3.81. The minimum Gasteiger partial charge on any atom is -0.379 e. The van der Waals surface area contributed by atoms with E-state index in [0.717, 1.165) is 26.3 Å². The average Bonchev–Trinajstić information content (AvgIpc) is 2.49. The summed E-state index contributed by atoms with van der Waals surface area (Å²) in [4.78, 5) is 13.9. The van der Waals surface area contributed by atoms with Crippen LogP contribution in [0.5, 0.6) is 0 Å². The fourth-order valence-corrected chi connectivity index (χ4v) is 2.77. The highest BCUT2D eigenvalue weighted by Gasteiger charge is 2.28. The van der Waals surface area contributed by atoms with E-state index in [1.807, 2.05) is 25.1 Å². The Morgan fingerprint density at radius 3 is 2.60 bits per heavy atom. The topological polar surface area (TPSA) is 41.6 Å². The molecule has 4 nitrogen and oxygen atoms in total. The van der Waals surface area contributed by atoms with Gasteiger partial charge in [0.1, 0.15) is 5.88 Å². The van der Waals surface area contributed by atoms with Crippen LogP contribution in [0.25, 0.3) is 0 Å². The van der Waals surface area contributed by atoms with E-state index in [1.165, 1.54) is 5.56 Å². The number of halogens is 1. The highest BCUT2D eigenvalue weighted by atomic mass is 35.5. The van der Waals surface area contributed by atoms with Gasteiger partial charge in [0.2, 0.25) is 5.91 Å². The Kier molecular flexibility index (Phi) is 5.83. The molecule has 5 heteroatoms. The van der Waals surface area contributed by atoms with Gasteiger partial charge >= 0.3 is 0 Å². The molecule has 0 spiro atoms. The van der Waals surface area contributed by atoms with Gasteiger partial charge in [0.05, 0.1) is 19.3 Å². The van der Waals surface area contributed by atoms with Crippen LogP contribution >= 0.6 is 11.6 Å². The summed E-state index contributed by atoms with van der Waals surface area (Å²) in [6.07, 6.45) is 0. The highest BCUT2D eigenvalue weighted by Crippen LogP contribution is 2.25. The molecule has 1 aliphatic heterocycles. The number of ether oxygens (including phenoxy) is 1. The molecule has 2 rings (SSSR count). The summed E-state index contributed by atoms with van der Waals surface area (Å²) in [5, 5.41) is 2.97. The van der Waals surface area contributed by atoms with Crippen LogP contribution in [0.1, 0.15) is 18.5 Å². The van der Waals surface area contributed by atoms with E-state index in [1.54, 1.807) is 0 Å². The molecule has 2 atom stereocenters. The summed E-state index contributed by atoms with van der Waals surface area (Å²) in [6, 6.07) is 10.4. The van der Waals surface area contributed by atoms with Crippen molar-refractivity contribution in [2.24, 2.45) is 0 Å². The highest BCUT2D eigenvalue weighted by molar-refractivity contribution is 6.27. The lowest BCUT2D eigenvalue weighted by atomic mass is 9.98. The molecule has 1 saturated heterocycles. The molecule has 0 aliphatic carbocycles. The number of hydrogen-bond acceptors (Lipinski definition) is 3. The van der Waals surface area contributed by atoms with Gasteiger partial charge in [-0.3, -0.25) is 9.69 Å². The summed E-state index contributed by atoms with van der Waals surface area (Å²) < 4.78 is 5.42. The predicted octanol–water partition coefficient (Wildman–Crippen LogP) is 1.80. The molecule has 1 aliphatic rings. The Labute approximate surface area is 125 Å². The molecule has 0 unspecified atom stereocenters. The maximum atomic E-state index is 11.6. The normalized spacial score (nSPS) is 19.3. The summed E-state index contributed by atoms with van der Waals surface area (Å²) in [5.74, 6) is -0.136. The minimum absolute atomic E-state index is 0.00162. The third kappa shape index (κ3) is 3.95. The lowest BCUT2D eigenvalue weighted by Gasteiger charge is -2.38. The maximum Gasteiger partial charge on any atom is 0.235 e. The number of hydrogen-bond donors (Lipinski definition) is 1. The number of nitrogens with one attached hydrogen (secondary N) is 1. The van der Waals surface area contributed by atoms with Crippen LogP contribution in [0.15, 0.2) is 30.3 Å². The third-order valence-electron chi connectivity index (χ3n) is 3.56. The van der Waals surface area contributed by atoms with Crippen molar-refractivity contribution < 1.29 is 9.53 Å². The fraction of sp³-hybridized carbons (Fsp3) is 0.533. The molecule has 1 aromatic carbocycles. The van der Waals surface area contributed by atoms with Crippen LogP contribution in [0, 0.1) is 0 Å². The molecular formula is C15H21ClN2O2. The van der Waals surface area contributed by atoms with E-state index < -0.39 is 0 Å². The van der Waals surface area contributed by atoms with Gasteiger partial charge in [-0.15, -0.1) is 11.6 Å². The summed E-state index contributed by atoms with van der Waals surface area (Å²) in [6.45, 7) is 5.25. The van der Waals surface area contributed by atoms with E-state index >= 15 is 0 Å². The number of carbonyl (C=O) groups excluding carboxylic acids is 1. The molecule has 1 aromatic rings. The second-order valence-corrected chi connectivity index (χ2v) is 5.26. The summed E-state index contributed by atoms with van der Waals surface area (Å²) in [5.41, 5.74) is 1.21. The van der Waals surface area contributed by atoms with Gasteiger partial charge in [-0.1, -0.05) is 30.3 Å². The van der Waals surface area contributed by atoms with Gasteiger partial charge < -0.3 is 10.1 Å². The van der Waals surface area contributed by atoms with E-state index in [2.05, 4.69) is 22.3 Å². The second kappa shape index (κ2) is 7.62. The molecule has 1 fully saturated rings. The van der Waals surface area contributed by atoms with Gasteiger partial charge in [0.25, 0.3) is 0 Å². The van der Waals surface area contributed by atoms with Crippen molar-refractivity contribution in [1.29, 1.82) is 0 Å². The minimum atomic E-state index is -0.131. The van der Waals surface area contributed by atoms with Gasteiger partial charge in [0.15, 0.2) is 0 Å². The van der Waals surface area contributed by atoms with E-state index in [-0.39, 0.29) is 23.9 Å². The quantitative estimate of drug-likeness (QED) is 0.843. The zero-order chi connectivity index (χ0) is 14.4. The van der Waals surface area contributed by atoms with Gasteiger partial charge in [-0.2, -0.15) is 0 Å². The van der Waals surface area contributed by atoms with Crippen LogP contribution in [0.3, 0.4) is 0 Å². The standard InChI is InChI=1S/C15H21ClN2O2/c1-12(17-14(19)11-16)15(13-5-3-2-4-6-13)18-7-9-20-10-8-18/h2-6,12,15H,7-11H2,1H3,(H,17,19)/t12-,15-/m0/s1. The van der Waals surface area contributed by atoms with Crippen LogP contribution in [-0.4, -0.2) is 49.0 Å². The maximum absolute atomic E-state index is 11.6. The van der Waals surface area contributed by atoms with Crippen molar-refractivity contribution in [3.63, 3.8) is 0 Å². The number of carbonyl (C=O) groups is 1. The van der Waals surface area contributed by atoms with Crippen LogP contribution in [0.4, 0.5) is 0 Å². The van der Waals surface area contributed by atoms with Crippen molar-refractivity contribution in [3.8, 4) is 0 Å². The first kappa shape index (κ1) is 15.3. The zero-order valence-electron chi connectivity index (χ0n) is 11.7. The molecule has 0 bridgehead atoms. The van der Waals surface area contributed by atoms with Crippen molar-refractivity contribution in [2.45, 2.75) is 19.0 Å². The first-order valence-electron chi connectivity index (χ1n) is 6.94. The lowest BCUT2D eigenvalue weighted by Crippen LogP contribution is -2.48. The first-order valence-corrected chi connectivity index (χ1v) is 7.48. The van der Waals surface area contributed by atoms with Crippen molar-refractivity contribution in [2.75, 3.05) is 32.2 Å². The molecule has 20 heavy (non-hydrogen) atoms. The Bertz CT molecular complexity index is 421. The number of rotatable bonds is 5. The van der Waals surface area contributed by atoms with Crippen molar-refractivity contribution >= 4 is 17.5 Å². The van der Waals surface area contributed by atoms with Gasteiger partial charge in [0, 0.05) is 19.1 Å². The smallest absolute Gasteiger partial charge is 0.235 e. The first-order chi connectivity index (χ1) is 9.72. The average molecular weight is 297 g/mol. The predicted molar refractivity (Wildman–Crippen MR) is 79.9 cm³/mol. The Balaban J connectivity index is 2.17. The fourth-order valence-electron chi connectivity index (χ4n) is 2.69. The number of benzene rings is 1. The monoisotopic (exact) mass is 296 g/mol. The van der Waals surface area contributed by atoms with Crippen LogP contribution in [0.2, 0.25) is 0 Å². The lowest BCUT2D eigenvalue weighted by molar-refractivity contribution is -0.119. The Hall–Kier alpha value is -1.10. The molecule has 1 amide bonds. The molecule has 0 aromatic heterocycles. The zero-order valence-corrected chi connectivity index (χ0v) is 12.5. The van der Waals surface area contributed by atoms with Crippen molar-refractivity contribution in [1.82, 2.24) is 10.2 Å². The number of morpholine rings is 1. The molecule has 1 N–H and O–H groups in total. The van der Waals surface area contributed by atoms with Crippen LogP contribution in [-0.2, 0) is 9.53 Å². The largest absolute Gasteiger partial charge is 0.379 e. The SMILES string of the molecule is C[C@H](NC(=O)CCl)[C@@H](c1ccccc1)N1CCOCC1. The summed E-state index contributed by atoms with van der Waals surface area (Å²) >= 11 is 5.59. The Morgan fingerprint density at radius 1 is 1.35 bits per heavy atom. The number of nitrogens with zero attached hydrogens (tertiary/aromatic N) is 1. The molecule has 1 heterocycles. The number of amides is 1. The second-order valence-electron chi connectivity index (χ2n) is 4.99. The molecule has 0 saturated carbocycles. The summed E-state index contributed by atoms with van der Waals surface area (Å²) in [7, 11) is 0. The van der Waals surface area contributed by atoms with Gasteiger partial charge in [-0.05, 0) is 12.5 Å². The van der Waals surface area contributed by atoms with Gasteiger partial charge in [-0.25, -0.2) is 0 Å². The molecular weight excluding hydrogens is 276 g/mol. The van der Waals surface area contributed by atoms with Crippen LogP contribution < -0.4 is 5.32 Å². The molecule has 0 radical (unpaired) electrons. The van der Waals surface area contributed by atoms with E-state index in [9.17, 15) is 4.79 Å². The molecule has 110 valence electrons. The van der Waals surface area contributed by atoms with E-state index in [0.29, 0.717) is 0 Å². The van der Waals surface area contributed by atoms with E-state index in [4.69, 9.17) is 16.3 Å².